The fourth-order valence-corrected chi connectivity index (χ4v) is 3.75. The second-order valence-electron chi connectivity index (χ2n) is 4.54. The number of rotatable bonds is 5. The lowest BCUT2D eigenvalue weighted by Crippen LogP contribution is -2.17. The molecule has 1 aliphatic rings. The molecular formula is C13H17BrO2S. The number of ether oxygens (including phenoxy) is 1. The van der Waals surface area contributed by atoms with E-state index in [1.807, 2.05) is 11.4 Å². The van der Waals surface area contributed by atoms with Gasteiger partial charge in [0.2, 0.25) is 0 Å². The predicted molar refractivity (Wildman–Crippen MR) is 73.7 cm³/mol. The molecule has 0 amide bonds. The van der Waals surface area contributed by atoms with Crippen molar-refractivity contribution in [2.75, 3.05) is 13.2 Å². The maximum Gasteiger partial charge on any atom is 0.199 e. The van der Waals surface area contributed by atoms with E-state index in [2.05, 4.69) is 15.9 Å². The van der Waals surface area contributed by atoms with E-state index in [0.717, 1.165) is 16.0 Å². The van der Waals surface area contributed by atoms with E-state index in [1.54, 1.807) is 0 Å². The third-order valence-electron chi connectivity index (χ3n) is 3.18. The maximum absolute atomic E-state index is 11.8. The minimum Gasteiger partial charge on any atom is -0.373 e. The molecule has 17 heavy (non-hydrogen) atoms. The van der Waals surface area contributed by atoms with Crippen LogP contribution in [0.4, 0.5) is 0 Å². The summed E-state index contributed by atoms with van der Waals surface area (Å²) in [6.45, 7) is 0.963. The van der Waals surface area contributed by atoms with E-state index in [0.29, 0.717) is 5.92 Å². The number of ketones is 1. The van der Waals surface area contributed by atoms with Crippen LogP contribution < -0.4 is 0 Å². The average molecular weight is 317 g/mol. The molecule has 0 saturated heterocycles. The highest BCUT2D eigenvalue weighted by Crippen LogP contribution is 2.25. The number of hydrogen-bond acceptors (Lipinski definition) is 3. The molecule has 0 N–H and O–H groups in total. The van der Waals surface area contributed by atoms with Crippen molar-refractivity contribution in [1.82, 2.24) is 0 Å². The topological polar surface area (TPSA) is 26.3 Å². The lowest BCUT2D eigenvalue weighted by atomic mass is 9.90. The molecule has 0 radical (unpaired) electrons. The molecule has 1 aliphatic carbocycles. The van der Waals surface area contributed by atoms with Crippen LogP contribution >= 0.6 is 27.3 Å². The lowest BCUT2D eigenvalue weighted by molar-refractivity contribution is 0.0631. The van der Waals surface area contributed by atoms with Crippen molar-refractivity contribution < 1.29 is 9.53 Å². The van der Waals surface area contributed by atoms with Crippen LogP contribution in [0.25, 0.3) is 0 Å². The van der Waals surface area contributed by atoms with Crippen molar-refractivity contribution in [1.29, 1.82) is 0 Å². The molecule has 94 valence electrons. The number of halogens is 1. The summed E-state index contributed by atoms with van der Waals surface area (Å²) in [5.74, 6) is 0.756. The number of carbonyl (C=O) groups is 1. The summed E-state index contributed by atoms with van der Waals surface area (Å²) in [4.78, 5) is 12.6. The highest BCUT2D eigenvalue weighted by Gasteiger charge is 2.15. The first-order valence-corrected chi connectivity index (χ1v) is 7.78. The summed E-state index contributed by atoms with van der Waals surface area (Å²) in [7, 11) is 0. The summed E-state index contributed by atoms with van der Waals surface area (Å²) in [5.41, 5.74) is 0. The van der Waals surface area contributed by atoms with Crippen molar-refractivity contribution in [3.8, 4) is 0 Å². The standard InChI is InChI=1S/C13H17BrO2S/c14-11-6-7-17-13(11)12(15)9-16-8-10-4-2-1-3-5-10/h6-7,10H,1-5,8-9H2. The molecule has 1 fully saturated rings. The minimum absolute atomic E-state index is 0.0858. The molecule has 0 unspecified atom stereocenters. The van der Waals surface area contributed by atoms with Gasteiger partial charge in [0.25, 0.3) is 0 Å². The molecule has 0 bridgehead atoms. The predicted octanol–water partition coefficient (Wildman–Crippen LogP) is 4.29. The molecule has 0 spiro atoms. The van der Waals surface area contributed by atoms with Crippen LogP contribution in [0.5, 0.6) is 0 Å². The molecule has 0 atom stereocenters. The quantitative estimate of drug-likeness (QED) is 0.757. The number of Topliss-reactive ketones (excluding diaryl/α,β-unsaturated/α-hetero) is 1. The SMILES string of the molecule is O=C(COCC1CCCCC1)c1sccc1Br. The Kier molecular flexibility index (Phi) is 5.19. The van der Waals surface area contributed by atoms with Gasteiger partial charge in [-0.05, 0) is 46.1 Å². The first kappa shape index (κ1) is 13.2. The molecule has 0 aromatic carbocycles. The van der Waals surface area contributed by atoms with Crippen LogP contribution in [0, 0.1) is 5.92 Å². The molecular weight excluding hydrogens is 300 g/mol. The Morgan fingerprint density at radius 3 is 2.82 bits per heavy atom. The zero-order valence-corrected chi connectivity index (χ0v) is 12.2. The second kappa shape index (κ2) is 6.66. The minimum atomic E-state index is 0.0858. The Hall–Kier alpha value is -0.190. The fourth-order valence-electron chi connectivity index (χ4n) is 2.23. The number of carbonyl (C=O) groups excluding carboxylic acids is 1. The van der Waals surface area contributed by atoms with E-state index >= 15 is 0 Å². The average Bonchev–Trinajstić information content (AvgIpc) is 2.77. The molecule has 1 heterocycles. The van der Waals surface area contributed by atoms with Gasteiger partial charge >= 0.3 is 0 Å². The van der Waals surface area contributed by atoms with Crippen molar-refractivity contribution in [2.24, 2.45) is 5.92 Å². The van der Waals surface area contributed by atoms with Crippen molar-refractivity contribution >= 4 is 33.0 Å². The van der Waals surface area contributed by atoms with Gasteiger partial charge in [0.1, 0.15) is 6.61 Å². The third kappa shape index (κ3) is 3.90. The van der Waals surface area contributed by atoms with Crippen LogP contribution in [0.1, 0.15) is 41.8 Å². The Labute approximate surface area is 114 Å². The van der Waals surface area contributed by atoms with Crippen LogP contribution in [0.2, 0.25) is 0 Å². The van der Waals surface area contributed by atoms with Gasteiger partial charge in [-0.3, -0.25) is 4.79 Å². The van der Waals surface area contributed by atoms with Gasteiger partial charge in [0, 0.05) is 4.47 Å². The normalized spacial score (nSPS) is 17.2. The van der Waals surface area contributed by atoms with Gasteiger partial charge in [-0.15, -0.1) is 11.3 Å². The zero-order chi connectivity index (χ0) is 12.1. The van der Waals surface area contributed by atoms with Crippen molar-refractivity contribution in [3.05, 3.63) is 20.8 Å². The molecule has 1 saturated carbocycles. The monoisotopic (exact) mass is 316 g/mol. The molecule has 2 nitrogen and oxygen atoms in total. The van der Waals surface area contributed by atoms with E-state index in [-0.39, 0.29) is 12.4 Å². The lowest BCUT2D eigenvalue weighted by Gasteiger charge is -2.20. The van der Waals surface area contributed by atoms with Crippen LogP contribution in [0.3, 0.4) is 0 Å². The first-order chi connectivity index (χ1) is 8.27. The van der Waals surface area contributed by atoms with Gasteiger partial charge in [-0.2, -0.15) is 0 Å². The molecule has 2 rings (SSSR count). The van der Waals surface area contributed by atoms with Crippen molar-refractivity contribution in [3.63, 3.8) is 0 Å². The highest BCUT2D eigenvalue weighted by atomic mass is 79.9. The van der Waals surface area contributed by atoms with Gasteiger partial charge in [-0.25, -0.2) is 0 Å². The van der Waals surface area contributed by atoms with Gasteiger partial charge in [0.05, 0.1) is 11.5 Å². The van der Waals surface area contributed by atoms with E-state index < -0.39 is 0 Å². The summed E-state index contributed by atoms with van der Waals surface area (Å²) >= 11 is 4.84. The van der Waals surface area contributed by atoms with Crippen LogP contribution in [-0.2, 0) is 4.74 Å². The Morgan fingerprint density at radius 2 is 2.18 bits per heavy atom. The van der Waals surface area contributed by atoms with Gasteiger partial charge in [-0.1, -0.05) is 19.3 Å². The summed E-state index contributed by atoms with van der Waals surface area (Å²) in [6, 6.07) is 1.90. The van der Waals surface area contributed by atoms with Crippen LogP contribution in [0.15, 0.2) is 15.9 Å². The summed E-state index contributed by atoms with van der Waals surface area (Å²) < 4.78 is 6.43. The largest absolute Gasteiger partial charge is 0.373 e. The van der Waals surface area contributed by atoms with E-state index in [4.69, 9.17) is 4.74 Å². The number of hydrogen-bond donors (Lipinski definition) is 0. The number of thiophene rings is 1. The first-order valence-electron chi connectivity index (χ1n) is 6.11. The summed E-state index contributed by atoms with van der Waals surface area (Å²) in [6.07, 6.45) is 6.52. The van der Waals surface area contributed by atoms with E-state index in [1.165, 1.54) is 43.4 Å². The molecule has 1 aromatic rings. The van der Waals surface area contributed by atoms with Crippen LogP contribution in [-0.4, -0.2) is 19.0 Å². The second-order valence-corrected chi connectivity index (χ2v) is 6.31. The Bertz CT molecular complexity index is 369. The summed E-state index contributed by atoms with van der Waals surface area (Å²) in [5, 5.41) is 1.92. The van der Waals surface area contributed by atoms with Gasteiger partial charge < -0.3 is 4.74 Å². The molecule has 0 aliphatic heterocycles. The maximum atomic E-state index is 11.8. The molecule has 4 heteroatoms. The Balaban J connectivity index is 1.71. The highest BCUT2D eigenvalue weighted by molar-refractivity contribution is 9.10. The van der Waals surface area contributed by atoms with Crippen molar-refractivity contribution in [2.45, 2.75) is 32.1 Å². The molecule has 1 aromatic heterocycles. The van der Waals surface area contributed by atoms with E-state index in [9.17, 15) is 4.79 Å². The zero-order valence-electron chi connectivity index (χ0n) is 9.78. The smallest absolute Gasteiger partial charge is 0.199 e. The Morgan fingerprint density at radius 1 is 1.41 bits per heavy atom. The van der Waals surface area contributed by atoms with Gasteiger partial charge in [0.15, 0.2) is 5.78 Å². The third-order valence-corrected chi connectivity index (χ3v) is 5.06. The fraction of sp³-hybridized carbons (Fsp3) is 0.615.